The first-order valence-electron chi connectivity index (χ1n) is 10.3. The summed E-state index contributed by atoms with van der Waals surface area (Å²) in [6.07, 6.45) is 4.93. The van der Waals surface area contributed by atoms with Crippen molar-refractivity contribution in [2.45, 2.75) is 32.2 Å². The number of aryl methyl sites for hydroxylation is 1. The highest BCUT2D eigenvalue weighted by molar-refractivity contribution is 5.92. The largest absolute Gasteiger partial charge is 0.349 e. The van der Waals surface area contributed by atoms with E-state index in [4.69, 9.17) is 0 Å². The topological polar surface area (TPSA) is 72.2 Å². The van der Waals surface area contributed by atoms with Gasteiger partial charge in [-0.05, 0) is 38.3 Å². The summed E-state index contributed by atoms with van der Waals surface area (Å²) in [7, 11) is 1.75. The Morgan fingerprint density at radius 1 is 1.28 bits per heavy atom. The molecule has 1 N–H and O–H groups in total. The molecular formula is C22H29N5O2. The van der Waals surface area contributed by atoms with Gasteiger partial charge in [-0.2, -0.15) is 5.10 Å². The molecule has 0 saturated carbocycles. The third-order valence-corrected chi connectivity index (χ3v) is 6.16. The van der Waals surface area contributed by atoms with E-state index >= 15 is 0 Å². The summed E-state index contributed by atoms with van der Waals surface area (Å²) in [6, 6.07) is 7.22. The number of nitrogens with zero attached hydrogens (tertiary/aromatic N) is 4. The normalized spacial score (nSPS) is 23.3. The molecule has 0 spiro atoms. The van der Waals surface area contributed by atoms with Crippen molar-refractivity contribution in [3.05, 3.63) is 63.9 Å². The molecule has 2 aliphatic rings. The fourth-order valence-corrected chi connectivity index (χ4v) is 4.74. The van der Waals surface area contributed by atoms with Gasteiger partial charge in [-0.15, -0.1) is 0 Å². The molecule has 0 aromatic carbocycles. The summed E-state index contributed by atoms with van der Waals surface area (Å²) in [5, 5.41) is 7.11. The number of likely N-dealkylation sites (tertiary alicyclic amines) is 1. The number of pyridine rings is 1. The number of amides is 1. The Morgan fingerprint density at radius 3 is 2.83 bits per heavy atom. The Balaban J connectivity index is 1.59. The second kappa shape index (κ2) is 7.99. The molecule has 2 aromatic heterocycles. The summed E-state index contributed by atoms with van der Waals surface area (Å²) in [6.45, 7) is 7.52. The number of nitrogens with one attached hydrogen (secondary N) is 1. The predicted octanol–water partition coefficient (Wildman–Crippen LogP) is 1.94. The fourth-order valence-electron chi connectivity index (χ4n) is 4.74. The van der Waals surface area contributed by atoms with Gasteiger partial charge in [-0.1, -0.05) is 17.7 Å². The molecule has 2 bridgehead atoms. The van der Waals surface area contributed by atoms with Gasteiger partial charge in [0.15, 0.2) is 0 Å². The van der Waals surface area contributed by atoms with Gasteiger partial charge in [0, 0.05) is 57.1 Å². The van der Waals surface area contributed by atoms with Crippen LogP contribution in [0.2, 0.25) is 0 Å². The van der Waals surface area contributed by atoms with Crippen LogP contribution in [0.15, 0.2) is 46.9 Å². The van der Waals surface area contributed by atoms with E-state index in [1.807, 2.05) is 10.6 Å². The minimum Gasteiger partial charge on any atom is -0.349 e. The maximum atomic E-state index is 12.7. The van der Waals surface area contributed by atoms with Crippen LogP contribution in [0.5, 0.6) is 0 Å². The van der Waals surface area contributed by atoms with Crippen LogP contribution < -0.4 is 10.9 Å². The van der Waals surface area contributed by atoms with Gasteiger partial charge < -0.3 is 9.88 Å². The second-order valence-electron chi connectivity index (χ2n) is 8.47. The molecule has 2 aromatic rings. The van der Waals surface area contributed by atoms with Crippen molar-refractivity contribution in [2.75, 3.05) is 26.2 Å². The minimum atomic E-state index is -0.158. The van der Waals surface area contributed by atoms with E-state index in [0.717, 1.165) is 31.7 Å². The highest BCUT2D eigenvalue weighted by atomic mass is 16.2. The maximum Gasteiger partial charge on any atom is 0.269 e. The van der Waals surface area contributed by atoms with E-state index in [2.05, 4.69) is 41.3 Å². The lowest BCUT2D eigenvalue weighted by atomic mass is 9.78. The number of piperidine rings is 1. The van der Waals surface area contributed by atoms with Crippen LogP contribution >= 0.6 is 0 Å². The number of allylic oxidation sites excluding steroid dienone is 1. The number of hydrogen-bond donors (Lipinski definition) is 1. The van der Waals surface area contributed by atoms with E-state index in [0.29, 0.717) is 24.1 Å². The monoisotopic (exact) mass is 395 g/mol. The quantitative estimate of drug-likeness (QED) is 0.786. The molecule has 7 heteroatoms. The number of aromatic nitrogens is 3. The zero-order valence-electron chi connectivity index (χ0n) is 17.3. The van der Waals surface area contributed by atoms with Gasteiger partial charge in [-0.25, -0.2) is 0 Å². The fraction of sp³-hybridized carbons (Fsp3) is 0.500. The average molecular weight is 396 g/mol. The smallest absolute Gasteiger partial charge is 0.269 e. The average Bonchev–Trinajstić information content (AvgIpc) is 3.12. The Kier molecular flexibility index (Phi) is 5.41. The van der Waals surface area contributed by atoms with E-state index in [-0.39, 0.29) is 17.5 Å². The van der Waals surface area contributed by atoms with E-state index in [1.54, 1.807) is 30.1 Å². The summed E-state index contributed by atoms with van der Waals surface area (Å²) in [5.74, 6) is 0.533. The first-order valence-corrected chi connectivity index (χ1v) is 10.3. The molecule has 4 heterocycles. The van der Waals surface area contributed by atoms with Crippen molar-refractivity contribution in [1.29, 1.82) is 0 Å². The van der Waals surface area contributed by atoms with Crippen molar-refractivity contribution < 1.29 is 4.79 Å². The van der Waals surface area contributed by atoms with Crippen molar-refractivity contribution in [1.82, 2.24) is 24.6 Å². The highest BCUT2D eigenvalue weighted by Crippen LogP contribution is 2.40. The zero-order chi connectivity index (χ0) is 20.5. The molecule has 1 saturated heterocycles. The lowest BCUT2D eigenvalue weighted by Crippen LogP contribution is -2.52. The zero-order valence-corrected chi connectivity index (χ0v) is 17.3. The van der Waals surface area contributed by atoms with E-state index < -0.39 is 0 Å². The Hall–Kier alpha value is -2.67. The number of carbonyl (C=O) groups is 1. The molecule has 1 amide bonds. The molecule has 2 aliphatic heterocycles. The first-order chi connectivity index (χ1) is 13.9. The standard InChI is InChI=1S/C22H29N5O2/c1-15(2)8-10-26-13-16-11-17(14-26)20(27-18(16)5-4-6-21(27)28)12-23-22(29)19-7-9-24-25(19)3/h4-9,16-17,20H,10-14H2,1-3H3,(H,23,29)/t16-,17+,20+/m1/s1. The van der Waals surface area contributed by atoms with Crippen LogP contribution in [0.25, 0.3) is 0 Å². The Morgan fingerprint density at radius 2 is 2.10 bits per heavy atom. The molecule has 0 radical (unpaired) electrons. The summed E-state index contributed by atoms with van der Waals surface area (Å²) >= 11 is 0. The number of hydrogen-bond acceptors (Lipinski definition) is 4. The first kappa shape index (κ1) is 19.6. The van der Waals surface area contributed by atoms with Crippen LogP contribution in [0.1, 0.15) is 48.4 Å². The third kappa shape index (κ3) is 3.92. The van der Waals surface area contributed by atoms with Gasteiger partial charge in [0.2, 0.25) is 0 Å². The molecule has 3 atom stereocenters. The van der Waals surface area contributed by atoms with Crippen molar-refractivity contribution >= 4 is 5.91 Å². The van der Waals surface area contributed by atoms with Gasteiger partial charge in [0.25, 0.3) is 11.5 Å². The lowest BCUT2D eigenvalue weighted by molar-refractivity contribution is 0.0850. The van der Waals surface area contributed by atoms with Gasteiger partial charge in [-0.3, -0.25) is 19.2 Å². The van der Waals surface area contributed by atoms with Crippen LogP contribution in [0.4, 0.5) is 0 Å². The lowest BCUT2D eigenvalue weighted by Gasteiger charge is -2.47. The SMILES string of the molecule is CC(C)=CCN1C[C@H]2C[C@@H](C1)[C@H](CNC(=O)c1ccnn1C)n1c2cccc1=O. The van der Waals surface area contributed by atoms with Gasteiger partial charge in [0.05, 0.1) is 6.04 Å². The molecule has 0 unspecified atom stereocenters. The Labute approximate surface area is 171 Å². The minimum absolute atomic E-state index is 0.0229. The summed E-state index contributed by atoms with van der Waals surface area (Å²) < 4.78 is 3.49. The molecule has 4 rings (SSSR count). The summed E-state index contributed by atoms with van der Waals surface area (Å²) in [5.41, 5.74) is 2.95. The number of rotatable bonds is 5. The molecule has 7 nitrogen and oxygen atoms in total. The number of carbonyl (C=O) groups excluding carboxylic acids is 1. The molecule has 0 aliphatic carbocycles. The van der Waals surface area contributed by atoms with Gasteiger partial charge in [0.1, 0.15) is 5.69 Å². The third-order valence-electron chi connectivity index (χ3n) is 6.16. The second-order valence-corrected chi connectivity index (χ2v) is 8.47. The highest BCUT2D eigenvalue weighted by Gasteiger charge is 2.40. The predicted molar refractivity (Wildman–Crippen MR) is 112 cm³/mol. The van der Waals surface area contributed by atoms with Crippen molar-refractivity contribution in [3.8, 4) is 0 Å². The van der Waals surface area contributed by atoms with Crippen molar-refractivity contribution in [2.24, 2.45) is 13.0 Å². The van der Waals surface area contributed by atoms with Gasteiger partial charge >= 0.3 is 0 Å². The summed E-state index contributed by atoms with van der Waals surface area (Å²) in [4.78, 5) is 27.8. The molecule has 29 heavy (non-hydrogen) atoms. The van der Waals surface area contributed by atoms with Crippen LogP contribution in [-0.2, 0) is 7.05 Å². The van der Waals surface area contributed by atoms with E-state index in [9.17, 15) is 9.59 Å². The van der Waals surface area contributed by atoms with Crippen LogP contribution in [0.3, 0.4) is 0 Å². The molecule has 154 valence electrons. The molecular weight excluding hydrogens is 366 g/mol. The van der Waals surface area contributed by atoms with Crippen molar-refractivity contribution in [3.63, 3.8) is 0 Å². The Bertz CT molecular complexity index is 985. The maximum absolute atomic E-state index is 12.7. The van der Waals surface area contributed by atoms with Crippen LogP contribution in [0, 0.1) is 5.92 Å². The van der Waals surface area contributed by atoms with E-state index in [1.165, 1.54) is 5.57 Å². The molecule has 1 fully saturated rings. The number of fused-ring (bicyclic) bond motifs is 4. The van der Waals surface area contributed by atoms with Crippen LogP contribution in [-0.4, -0.2) is 51.3 Å².